The smallest absolute Gasteiger partial charge is 0.523 e. The zero-order valence-corrected chi connectivity index (χ0v) is 12.3. The van der Waals surface area contributed by atoms with E-state index < -0.39 is 0 Å². The van der Waals surface area contributed by atoms with Crippen LogP contribution in [0.3, 0.4) is 0 Å². The zero-order chi connectivity index (χ0) is 14.5. The number of hydrogen-bond acceptors (Lipinski definition) is 2. The Hall–Kier alpha value is -2.16. The molecule has 3 heteroatoms. The molecule has 0 saturated heterocycles. The number of unbranched alkanes of at least 4 members (excludes halogenated alkanes) is 1. The standard InChI is InChI=1S/C18H19BO2/c1-2-3-14-19-20-17(15-10-6-4-7-11-15)18(21-19)16-12-8-5-9-13-16/h4-13H,2-3,14H2,1H3. The van der Waals surface area contributed by atoms with Crippen molar-refractivity contribution in [1.29, 1.82) is 0 Å². The summed E-state index contributed by atoms with van der Waals surface area (Å²) in [5.41, 5.74) is 2.13. The minimum absolute atomic E-state index is 0.171. The quantitative estimate of drug-likeness (QED) is 0.728. The molecule has 1 aliphatic rings. The van der Waals surface area contributed by atoms with Crippen LogP contribution in [0.25, 0.3) is 11.5 Å². The van der Waals surface area contributed by atoms with Crippen LogP contribution in [0.4, 0.5) is 0 Å². The fourth-order valence-corrected chi connectivity index (χ4v) is 2.46. The molecule has 0 saturated carbocycles. The first kappa shape index (κ1) is 13.8. The van der Waals surface area contributed by atoms with Gasteiger partial charge in [0.15, 0.2) is 11.5 Å². The molecule has 0 radical (unpaired) electrons. The van der Waals surface area contributed by atoms with Gasteiger partial charge in [-0.1, -0.05) is 80.4 Å². The Balaban J connectivity index is 1.93. The third-order valence-electron chi connectivity index (χ3n) is 3.57. The highest BCUT2D eigenvalue weighted by Gasteiger charge is 2.34. The average molecular weight is 278 g/mol. The van der Waals surface area contributed by atoms with E-state index in [1.54, 1.807) is 0 Å². The molecule has 0 unspecified atom stereocenters. The van der Waals surface area contributed by atoms with E-state index >= 15 is 0 Å². The second kappa shape index (κ2) is 6.53. The van der Waals surface area contributed by atoms with Crippen molar-refractivity contribution < 1.29 is 9.31 Å². The van der Waals surface area contributed by atoms with Crippen molar-refractivity contribution in [2.45, 2.75) is 26.1 Å². The topological polar surface area (TPSA) is 18.5 Å². The van der Waals surface area contributed by atoms with Crippen LogP contribution in [0.15, 0.2) is 60.7 Å². The van der Waals surface area contributed by atoms with Crippen molar-refractivity contribution in [3.63, 3.8) is 0 Å². The SMILES string of the molecule is CCCCB1OC(c2ccccc2)=C(c2ccccc2)O1. The van der Waals surface area contributed by atoms with Gasteiger partial charge < -0.3 is 9.31 Å². The van der Waals surface area contributed by atoms with Gasteiger partial charge in [-0.25, -0.2) is 0 Å². The lowest BCUT2D eigenvalue weighted by Gasteiger charge is -2.06. The molecule has 2 aromatic carbocycles. The van der Waals surface area contributed by atoms with Crippen molar-refractivity contribution in [2.24, 2.45) is 0 Å². The average Bonchev–Trinajstić information content (AvgIpc) is 2.99. The van der Waals surface area contributed by atoms with Crippen molar-refractivity contribution in [3.8, 4) is 0 Å². The van der Waals surface area contributed by atoms with Crippen LogP contribution < -0.4 is 0 Å². The molecule has 106 valence electrons. The predicted molar refractivity (Wildman–Crippen MR) is 87.3 cm³/mol. The Morgan fingerprint density at radius 2 is 1.24 bits per heavy atom. The molecule has 1 heterocycles. The van der Waals surface area contributed by atoms with Gasteiger partial charge in [-0.15, -0.1) is 0 Å². The van der Waals surface area contributed by atoms with Crippen LogP contribution in [0, 0.1) is 0 Å². The predicted octanol–water partition coefficient (Wildman–Crippen LogP) is 4.85. The monoisotopic (exact) mass is 278 g/mol. The summed E-state index contributed by atoms with van der Waals surface area (Å²) in [4.78, 5) is 0. The first-order valence-corrected chi connectivity index (χ1v) is 7.57. The van der Waals surface area contributed by atoms with Crippen LogP contribution in [-0.4, -0.2) is 7.12 Å². The molecule has 0 N–H and O–H groups in total. The molecule has 0 amide bonds. The molecular formula is C18H19BO2. The molecule has 3 rings (SSSR count). The fraction of sp³-hybridized carbons (Fsp3) is 0.222. The number of benzene rings is 2. The first-order valence-electron chi connectivity index (χ1n) is 7.57. The van der Waals surface area contributed by atoms with Crippen LogP contribution >= 0.6 is 0 Å². The van der Waals surface area contributed by atoms with Crippen LogP contribution in [0.1, 0.15) is 30.9 Å². The Kier molecular flexibility index (Phi) is 4.30. The fourth-order valence-electron chi connectivity index (χ4n) is 2.46. The lowest BCUT2D eigenvalue weighted by Crippen LogP contribution is -2.14. The van der Waals surface area contributed by atoms with Crippen LogP contribution in [0.5, 0.6) is 0 Å². The van der Waals surface area contributed by atoms with E-state index in [1.165, 1.54) is 0 Å². The van der Waals surface area contributed by atoms with Crippen molar-refractivity contribution in [3.05, 3.63) is 71.8 Å². The molecule has 0 aromatic heterocycles. The third-order valence-corrected chi connectivity index (χ3v) is 3.57. The minimum Gasteiger partial charge on any atom is -0.523 e. The normalized spacial score (nSPS) is 14.0. The lowest BCUT2D eigenvalue weighted by molar-refractivity contribution is 0.423. The minimum atomic E-state index is -0.171. The molecule has 1 aliphatic heterocycles. The van der Waals surface area contributed by atoms with Gasteiger partial charge in [0.2, 0.25) is 0 Å². The summed E-state index contributed by atoms with van der Waals surface area (Å²) < 4.78 is 12.1. The summed E-state index contributed by atoms with van der Waals surface area (Å²) in [6, 6.07) is 20.3. The van der Waals surface area contributed by atoms with Gasteiger partial charge in [0.1, 0.15) is 0 Å². The summed E-state index contributed by atoms with van der Waals surface area (Å²) in [6.45, 7) is 2.18. The maximum absolute atomic E-state index is 6.07. The maximum Gasteiger partial charge on any atom is 0.594 e. The van der Waals surface area contributed by atoms with Gasteiger partial charge in [0.25, 0.3) is 0 Å². The Bertz CT molecular complexity index is 556. The van der Waals surface area contributed by atoms with Crippen molar-refractivity contribution >= 4 is 18.6 Å². The van der Waals surface area contributed by atoms with Gasteiger partial charge in [0.05, 0.1) is 0 Å². The second-order valence-corrected chi connectivity index (χ2v) is 5.20. The Morgan fingerprint density at radius 1 is 0.762 bits per heavy atom. The summed E-state index contributed by atoms with van der Waals surface area (Å²) >= 11 is 0. The highest BCUT2D eigenvalue weighted by Crippen LogP contribution is 2.36. The molecule has 2 nitrogen and oxygen atoms in total. The summed E-state index contributed by atoms with van der Waals surface area (Å²) in [6.07, 6.45) is 3.17. The van der Waals surface area contributed by atoms with E-state index in [4.69, 9.17) is 9.31 Å². The Labute approximate surface area is 126 Å². The molecule has 0 atom stereocenters. The molecule has 0 spiro atoms. The molecule has 0 bridgehead atoms. The van der Waals surface area contributed by atoms with Crippen LogP contribution in [-0.2, 0) is 9.31 Å². The van der Waals surface area contributed by atoms with E-state index in [0.717, 1.165) is 41.8 Å². The largest absolute Gasteiger partial charge is 0.594 e. The first-order chi connectivity index (χ1) is 10.4. The van der Waals surface area contributed by atoms with E-state index in [1.807, 2.05) is 36.4 Å². The zero-order valence-electron chi connectivity index (χ0n) is 12.3. The van der Waals surface area contributed by atoms with Gasteiger partial charge >= 0.3 is 7.12 Å². The van der Waals surface area contributed by atoms with Gasteiger partial charge in [-0.3, -0.25) is 0 Å². The summed E-state index contributed by atoms with van der Waals surface area (Å²) in [5, 5.41) is 0. The Morgan fingerprint density at radius 3 is 1.67 bits per heavy atom. The second-order valence-electron chi connectivity index (χ2n) is 5.20. The maximum atomic E-state index is 6.07. The van der Waals surface area contributed by atoms with Gasteiger partial charge in [-0.2, -0.15) is 0 Å². The summed E-state index contributed by atoms with van der Waals surface area (Å²) in [7, 11) is -0.171. The molecule has 0 aliphatic carbocycles. The van der Waals surface area contributed by atoms with Crippen molar-refractivity contribution in [1.82, 2.24) is 0 Å². The van der Waals surface area contributed by atoms with Crippen molar-refractivity contribution in [2.75, 3.05) is 0 Å². The summed E-state index contributed by atoms with van der Waals surface area (Å²) in [5.74, 6) is 1.70. The molecule has 0 fully saturated rings. The number of rotatable bonds is 5. The third kappa shape index (κ3) is 3.13. The molecular weight excluding hydrogens is 259 g/mol. The highest BCUT2D eigenvalue weighted by molar-refractivity contribution is 6.49. The highest BCUT2D eigenvalue weighted by atomic mass is 16.6. The van der Waals surface area contributed by atoms with E-state index in [2.05, 4.69) is 31.2 Å². The molecule has 21 heavy (non-hydrogen) atoms. The van der Waals surface area contributed by atoms with E-state index in [9.17, 15) is 0 Å². The number of hydrogen-bond donors (Lipinski definition) is 0. The van der Waals surface area contributed by atoms with Crippen LogP contribution in [0.2, 0.25) is 6.32 Å². The van der Waals surface area contributed by atoms with Gasteiger partial charge in [0, 0.05) is 17.4 Å². The molecule has 2 aromatic rings. The lowest BCUT2D eigenvalue weighted by atomic mass is 9.82. The van der Waals surface area contributed by atoms with Gasteiger partial charge in [-0.05, 0) is 0 Å². The van der Waals surface area contributed by atoms with E-state index in [-0.39, 0.29) is 7.12 Å². The van der Waals surface area contributed by atoms with E-state index in [0.29, 0.717) is 0 Å².